The fourth-order valence-electron chi connectivity index (χ4n) is 0.902. The second-order valence-corrected chi connectivity index (χ2v) is 2.95. The zero-order valence-corrected chi connectivity index (χ0v) is 11.4. The van der Waals surface area contributed by atoms with E-state index in [0.717, 1.165) is 12.0 Å². The molecule has 88 valence electrons. The second-order valence-electron chi connectivity index (χ2n) is 2.54. The van der Waals surface area contributed by atoms with E-state index in [1.165, 1.54) is 6.07 Å². The van der Waals surface area contributed by atoms with E-state index in [1.807, 2.05) is 34.6 Å². The van der Waals surface area contributed by atoms with Crippen molar-refractivity contribution in [3.05, 3.63) is 34.1 Å². The highest BCUT2D eigenvalue weighted by Crippen LogP contribution is 2.20. The minimum Gasteiger partial charge on any atom is -0.207 e. The molecule has 0 amide bonds. The highest BCUT2D eigenvalue weighted by molar-refractivity contribution is 6.31. The summed E-state index contributed by atoms with van der Waals surface area (Å²) in [7, 11) is 0. The van der Waals surface area contributed by atoms with Crippen LogP contribution >= 0.6 is 11.6 Å². The summed E-state index contributed by atoms with van der Waals surface area (Å²) in [5.41, 5.74) is 1.47. The lowest BCUT2D eigenvalue weighted by atomic mass is 10.1. The van der Waals surface area contributed by atoms with Gasteiger partial charge in [0.05, 0.1) is 0 Å². The summed E-state index contributed by atoms with van der Waals surface area (Å²) in [6.07, 6.45) is 0.816. The Morgan fingerprint density at radius 2 is 1.60 bits per heavy atom. The molecule has 0 fully saturated rings. The van der Waals surface area contributed by atoms with Crippen molar-refractivity contribution in [1.29, 1.82) is 0 Å². The average Bonchev–Trinajstić information content (AvgIpc) is 2.30. The molecule has 2 heteroatoms. The molecule has 0 aliphatic rings. The first-order valence-electron chi connectivity index (χ1n) is 5.59. The molecule has 0 heterocycles. The fourth-order valence-corrected chi connectivity index (χ4v) is 1.13. The Balaban J connectivity index is 0. The van der Waals surface area contributed by atoms with E-state index < -0.39 is 0 Å². The normalized spacial score (nSPS) is 8.27. The zero-order valence-electron chi connectivity index (χ0n) is 10.6. The number of aryl methyl sites for hydroxylation is 1. The van der Waals surface area contributed by atoms with Crippen LogP contribution in [-0.4, -0.2) is 0 Å². The summed E-state index contributed by atoms with van der Waals surface area (Å²) in [6.45, 7) is 11.7. The third-order valence-corrected chi connectivity index (χ3v) is 2.14. The number of halogens is 2. The SMILES string of the molecule is CC.CC.CCc1cc(F)c(C)c(Cl)c1. The highest BCUT2D eigenvalue weighted by atomic mass is 35.5. The Kier molecular flexibility index (Phi) is 11.2. The van der Waals surface area contributed by atoms with Gasteiger partial charge >= 0.3 is 0 Å². The summed E-state index contributed by atoms with van der Waals surface area (Å²) in [6, 6.07) is 3.33. The van der Waals surface area contributed by atoms with E-state index in [0.29, 0.717) is 10.6 Å². The van der Waals surface area contributed by atoms with Crippen molar-refractivity contribution >= 4 is 11.6 Å². The summed E-state index contributed by atoms with van der Waals surface area (Å²) < 4.78 is 12.9. The number of hydrogen-bond acceptors (Lipinski definition) is 0. The second kappa shape index (κ2) is 9.97. The molecule has 1 rings (SSSR count). The van der Waals surface area contributed by atoms with Gasteiger partial charge in [0.25, 0.3) is 0 Å². The van der Waals surface area contributed by atoms with E-state index in [4.69, 9.17) is 11.6 Å². The monoisotopic (exact) mass is 232 g/mol. The van der Waals surface area contributed by atoms with Crippen molar-refractivity contribution in [3.63, 3.8) is 0 Å². The smallest absolute Gasteiger partial charge is 0.127 e. The zero-order chi connectivity index (χ0) is 12.4. The van der Waals surface area contributed by atoms with Crippen LogP contribution < -0.4 is 0 Å². The standard InChI is InChI=1S/C9H10ClF.2C2H6/c1-3-7-4-8(10)6(2)9(11)5-7;2*1-2/h4-5H,3H2,1-2H3;2*1-2H3. The lowest BCUT2D eigenvalue weighted by molar-refractivity contribution is 0.616. The van der Waals surface area contributed by atoms with Crippen LogP contribution in [0.2, 0.25) is 5.02 Å². The topological polar surface area (TPSA) is 0 Å². The van der Waals surface area contributed by atoms with Crippen LogP contribution in [-0.2, 0) is 6.42 Å². The Morgan fingerprint density at radius 1 is 1.13 bits per heavy atom. The summed E-state index contributed by atoms with van der Waals surface area (Å²) in [5.74, 6) is -0.214. The van der Waals surface area contributed by atoms with Gasteiger partial charge in [-0.15, -0.1) is 0 Å². The van der Waals surface area contributed by atoms with E-state index >= 15 is 0 Å². The quantitative estimate of drug-likeness (QED) is 0.608. The van der Waals surface area contributed by atoms with Crippen LogP contribution in [0.4, 0.5) is 4.39 Å². The fraction of sp³-hybridized carbons (Fsp3) is 0.538. The third kappa shape index (κ3) is 5.78. The summed E-state index contributed by atoms with van der Waals surface area (Å²) in [4.78, 5) is 0. The minimum atomic E-state index is -0.214. The molecule has 1 aromatic rings. The van der Waals surface area contributed by atoms with E-state index in [9.17, 15) is 4.39 Å². The van der Waals surface area contributed by atoms with Crippen LogP contribution in [0.1, 0.15) is 45.7 Å². The first kappa shape index (κ1) is 16.9. The predicted molar refractivity (Wildman–Crippen MR) is 68.2 cm³/mol. The van der Waals surface area contributed by atoms with Crippen LogP contribution in [0, 0.1) is 12.7 Å². The van der Waals surface area contributed by atoms with Gasteiger partial charge in [-0.05, 0) is 31.0 Å². The van der Waals surface area contributed by atoms with E-state index in [-0.39, 0.29) is 5.82 Å². The van der Waals surface area contributed by atoms with Crippen molar-refractivity contribution in [1.82, 2.24) is 0 Å². The molecule has 0 aliphatic heterocycles. The van der Waals surface area contributed by atoms with E-state index in [1.54, 1.807) is 13.0 Å². The van der Waals surface area contributed by atoms with Gasteiger partial charge in [-0.3, -0.25) is 0 Å². The van der Waals surface area contributed by atoms with Crippen LogP contribution in [0.5, 0.6) is 0 Å². The van der Waals surface area contributed by atoms with Gasteiger partial charge in [-0.25, -0.2) is 4.39 Å². The molecule has 0 aromatic heterocycles. The number of hydrogen-bond donors (Lipinski definition) is 0. The molecule has 0 aliphatic carbocycles. The Hall–Kier alpha value is -0.560. The lowest BCUT2D eigenvalue weighted by Gasteiger charge is -2.02. The molecule has 0 radical (unpaired) electrons. The molecule has 0 saturated carbocycles. The largest absolute Gasteiger partial charge is 0.207 e. The first-order chi connectivity index (χ1) is 7.15. The van der Waals surface area contributed by atoms with Gasteiger partial charge in [0.2, 0.25) is 0 Å². The van der Waals surface area contributed by atoms with Crippen LogP contribution in [0.25, 0.3) is 0 Å². The van der Waals surface area contributed by atoms with Crippen LogP contribution in [0.15, 0.2) is 12.1 Å². The van der Waals surface area contributed by atoms with Gasteiger partial charge in [-0.2, -0.15) is 0 Å². The predicted octanol–water partition coefficient (Wildman–Crippen LogP) is 5.40. The number of benzene rings is 1. The maximum atomic E-state index is 12.9. The highest BCUT2D eigenvalue weighted by Gasteiger charge is 2.03. The third-order valence-electron chi connectivity index (χ3n) is 1.75. The Bertz CT molecular complexity index is 246. The molecule has 1 aromatic carbocycles. The van der Waals surface area contributed by atoms with Crippen molar-refractivity contribution in [2.75, 3.05) is 0 Å². The van der Waals surface area contributed by atoms with Crippen molar-refractivity contribution in [2.24, 2.45) is 0 Å². The molecule has 0 nitrogen and oxygen atoms in total. The number of rotatable bonds is 1. The molecule has 0 saturated heterocycles. The van der Waals surface area contributed by atoms with Crippen molar-refractivity contribution < 1.29 is 4.39 Å². The van der Waals surface area contributed by atoms with Gasteiger partial charge in [0.15, 0.2) is 0 Å². The molecule has 15 heavy (non-hydrogen) atoms. The minimum absolute atomic E-state index is 0.214. The van der Waals surface area contributed by atoms with Gasteiger partial charge in [0.1, 0.15) is 5.82 Å². The summed E-state index contributed by atoms with van der Waals surface area (Å²) >= 11 is 5.76. The summed E-state index contributed by atoms with van der Waals surface area (Å²) in [5, 5.41) is 0.516. The molecule has 0 bridgehead atoms. The molecule has 0 atom stereocenters. The average molecular weight is 233 g/mol. The van der Waals surface area contributed by atoms with Gasteiger partial charge in [0, 0.05) is 10.6 Å². The Morgan fingerprint density at radius 3 is 1.93 bits per heavy atom. The first-order valence-corrected chi connectivity index (χ1v) is 5.97. The van der Waals surface area contributed by atoms with Crippen molar-refractivity contribution in [3.8, 4) is 0 Å². The lowest BCUT2D eigenvalue weighted by Crippen LogP contribution is -1.88. The molecule has 0 spiro atoms. The molecule has 0 N–H and O–H groups in total. The van der Waals surface area contributed by atoms with Gasteiger partial charge in [-0.1, -0.05) is 46.2 Å². The van der Waals surface area contributed by atoms with Crippen molar-refractivity contribution in [2.45, 2.75) is 48.0 Å². The maximum Gasteiger partial charge on any atom is 0.127 e. The van der Waals surface area contributed by atoms with E-state index in [2.05, 4.69) is 0 Å². The molecular weight excluding hydrogens is 211 g/mol. The van der Waals surface area contributed by atoms with Gasteiger partial charge < -0.3 is 0 Å². The Labute approximate surface area is 98.5 Å². The maximum absolute atomic E-state index is 12.9. The molecular formula is C13H22ClF. The van der Waals surface area contributed by atoms with Crippen LogP contribution in [0.3, 0.4) is 0 Å². The molecule has 0 unspecified atom stereocenters.